The van der Waals surface area contributed by atoms with Crippen molar-refractivity contribution in [3.8, 4) is 0 Å². The standard InChI is InChI=1S/C23H22ClN3O4/c1-26(23(31)25-16-6-3-5-15(24)10-16)12-14-4-2-7-18-19(14)13-27(22(18)30)20-9-8-17(28)11-21(20)29/h2-7,10,20H,8-9,11-13H2,1H3,(H,25,31). The van der Waals surface area contributed by atoms with Crippen LogP contribution < -0.4 is 5.32 Å². The van der Waals surface area contributed by atoms with Crippen LogP contribution in [0.3, 0.4) is 0 Å². The third-order valence-electron chi connectivity index (χ3n) is 5.74. The number of hydrogen-bond donors (Lipinski definition) is 1. The van der Waals surface area contributed by atoms with Crippen molar-refractivity contribution in [2.45, 2.75) is 38.4 Å². The predicted octanol–water partition coefficient (Wildman–Crippen LogP) is 3.65. The Morgan fingerprint density at radius 1 is 1.19 bits per heavy atom. The van der Waals surface area contributed by atoms with Crippen molar-refractivity contribution in [2.24, 2.45) is 0 Å². The van der Waals surface area contributed by atoms with Crippen molar-refractivity contribution in [1.82, 2.24) is 9.80 Å². The average Bonchev–Trinajstić information content (AvgIpc) is 3.05. The zero-order valence-corrected chi connectivity index (χ0v) is 17.8. The molecule has 31 heavy (non-hydrogen) atoms. The van der Waals surface area contributed by atoms with Gasteiger partial charge in [-0.2, -0.15) is 0 Å². The highest BCUT2D eigenvalue weighted by molar-refractivity contribution is 6.30. The monoisotopic (exact) mass is 439 g/mol. The topological polar surface area (TPSA) is 86.8 Å². The number of urea groups is 1. The molecule has 1 unspecified atom stereocenters. The molecule has 1 aliphatic heterocycles. The zero-order chi connectivity index (χ0) is 22.1. The maximum atomic E-state index is 13.0. The number of anilines is 1. The molecular weight excluding hydrogens is 418 g/mol. The van der Waals surface area contributed by atoms with Gasteiger partial charge in [-0.25, -0.2) is 4.79 Å². The quantitative estimate of drug-likeness (QED) is 0.736. The Labute approximate surface area is 185 Å². The summed E-state index contributed by atoms with van der Waals surface area (Å²) in [6.07, 6.45) is 0.578. The van der Waals surface area contributed by atoms with Gasteiger partial charge in [0.15, 0.2) is 5.78 Å². The molecule has 1 aliphatic carbocycles. The van der Waals surface area contributed by atoms with Gasteiger partial charge in [-0.15, -0.1) is 0 Å². The Hall–Kier alpha value is -3.19. The molecule has 1 atom stereocenters. The van der Waals surface area contributed by atoms with Crippen LogP contribution in [0.25, 0.3) is 0 Å². The number of rotatable bonds is 4. The lowest BCUT2D eigenvalue weighted by Crippen LogP contribution is -2.44. The lowest BCUT2D eigenvalue weighted by Gasteiger charge is -2.29. The number of hydrogen-bond acceptors (Lipinski definition) is 4. The van der Waals surface area contributed by atoms with E-state index in [0.717, 1.165) is 11.1 Å². The van der Waals surface area contributed by atoms with Crippen molar-refractivity contribution >= 4 is 40.8 Å². The first-order chi connectivity index (χ1) is 14.8. The van der Waals surface area contributed by atoms with Crippen molar-refractivity contribution in [3.05, 3.63) is 64.2 Å². The van der Waals surface area contributed by atoms with Crippen LogP contribution in [0.1, 0.15) is 40.7 Å². The molecule has 0 aromatic heterocycles. The number of halogens is 1. The van der Waals surface area contributed by atoms with Gasteiger partial charge in [-0.05, 0) is 41.8 Å². The molecule has 0 bridgehead atoms. The van der Waals surface area contributed by atoms with E-state index in [9.17, 15) is 19.2 Å². The van der Waals surface area contributed by atoms with Gasteiger partial charge in [0.2, 0.25) is 0 Å². The summed E-state index contributed by atoms with van der Waals surface area (Å²) in [5.74, 6) is -0.467. The summed E-state index contributed by atoms with van der Waals surface area (Å²) in [5.41, 5.74) is 2.80. The molecule has 1 N–H and O–H groups in total. The van der Waals surface area contributed by atoms with Gasteiger partial charge in [0, 0.05) is 42.8 Å². The van der Waals surface area contributed by atoms with Crippen LogP contribution in [-0.4, -0.2) is 46.4 Å². The van der Waals surface area contributed by atoms with E-state index in [1.54, 1.807) is 48.3 Å². The van der Waals surface area contributed by atoms with Gasteiger partial charge in [-0.3, -0.25) is 14.4 Å². The molecule has 3 amide bonds. The summed E-state index contributed by atoms with van der Waals surface area (Å²) in [6, 6.07) is 11.4. The van der Waals surface area contributed by atoms with E-state index >= 15 is 0 Å². The molecule has 4 rings (SSSR count). The third kappa shape index (κ3) is 4.32. The van der Waals surface area contributed by atoms with Gasteiger partial charge in [0.1, 0.15) is 5.78 Å². The van der Waals surface area contributed by atoms with E-state index in [4.69, 9.17) is 11.6 Å². The highest BCUT2D eigenvalue weighted by Gasteiger charge is 2.39. The van der Waals surface area contributed by atoms with Crippen LogP contribution in [-0.2, 0) is 22.7 Å². The number of ketones is 2. The second-order valence-corrected chi connectivity index (χ2v) is 8.35. The summed E-state index contributed by atoms with van der Waals surface area (Å²) < 4.78 is 0. The van der Waals surface area contributed by atoms with Crippen LogP contribution in [0.4, 0.5) is 10.5 Å². The molecule has 1 saturated carbocycles. The van der Waals surface area contributed by atoms with Crippen LogP contribution in [0.5, 0.6) is 0 Å². The first-order valence-electron chi connectivity index (χ1n) is 10.1. The zero-order valence-electron chi connectivity index (χ0n) is 17.1. The third-order valence-corrected chi connectivity index (χ3v) is 5.97. The van der Waals surface area contributed by atoms with Gasteiger partial charge in [-0.1, -0.05) is 29.8 Å². The van der Waals surface area contributed by atoms with Crippen LogP contribution in [0.2, 0.25) is 5.02 Å². The summed E-state index contributed by atoms with van der Waals surface area (Å²) in [4.78, 5) is 52.5. The number of amides is 3. The summed E-state index contributed by atoms with van der Waals surface area (Å²) in [6.45, 7) is 0.604. The Morgan fingerprint density at radius 2 is 1.97 bits per heavy atom. The summed E-state index contributed by atoms with van der Waals surface area (Å²) in [5, 5.41) is 3.33. The van der Waals surface area contributed by atoms with Crippen LogP contribution >= 0.6 is 11.6 Å². The first-order valence-corrected chi connectivity index (χ1v) is 10.4. The SMILES string of the molecule is CN(Cc1cccc2c1CN(C1CCC(=O)CC1=O)C2=O)C(=O)Nc1cccc(Cl)c1. The maximum Gasteiger partial charge on any atom is 0.321 e. The lowest BCUT2D eigenvalue weighted by molar-refractivity contribution is -0.133. The Morgan fingerprint density at radius 3 is 2.71 bits per heavy atom. The molecule has 0 spiro atoms. The van der Waals surface area contributed by atoms with E-state index in [2.05, 4.69) is 5.32 Å². The predicted molar refractivity (Wildman–Crippen MR) is 116 cm³/mol. The molecule has 160 valence electrons. The van der Waals surface area contributed by atoms with Crippen LogP contribution in [0, 0.1) is 0 Å². The molecule has 1 fully saturated rings. The minimum atomic E-state index is -0.561. The van der Waals surface area contributed by atoms with Gasteiger partial charge >= 0.3 is 6.03 Å². The fourth-order valence-electron chi connectivity index (χ4n) is 4.12. The molecule has 8 heteroatoms. The average molecular weight is 440 g/mol. The van der Waals surface area contributed by atoms with Gasteiger partial charge < -0.3 is 15.1 Å². The van der Waals surface area contributed by atoms with Gasteiger partial charge in [0.05, 0.1) is 12.5 Å². The molecular formula is C23H22ClN3O4. The van der Waals surface area contributed by atoms with E-state index in [1.807, 2.05) is 6.07 Å². The number of nitrogens with one attached hydrogen (secondary N) is 1. The number of Topliss-reactive ketones (excluding diaryl/α,β-unsaturated/α-hetero) is 2. The molecule has 1 heterocycles. The van der Waals surface area contributed by atoms with Crippen LogP contribution in [0.15, 0.2) is 42.5 Å². The Kier molecular flexibility index (Phi) is 5.78. The van der Waals surface area contributed by atoms with E-state index in [0.29, 0.717) is 42.2 Å². The van der Waals surface area contributed by atoms with E-state index in [1.165, 1.54) is 4.90 Å². The first kappa shape index (κ1) is 21.1. The Balaban J connectivity index is 1.49. The fourth-order valence-corrected chi connectivity index (χ4v) is 4.31. The molecule has 2 aliphatic rings. The van der Waals surface area contributed by atoms with Crippen molar-refractivity contribution in [3.63, 3.8) is 0 Å². The number of benzene rings is 2. The maximum absolute atomic E-state index is 13.0. The van der Waals surface area contributed by atoms with E-state index < -0.39 is 6.04 Å². The number of carbonyl (C=O) groups is 4. The minimum Gasteiger partial charge on any atom is -0.324 e. The van der Waals surface area contributed by atoms with Crippen molar-refractivity contribution in [1.29, 1.82) is 0 Å². The normalized spacial score (nSPS) is 18.2. The Bertz CT molecular complexity index is 1080. The number of carbonyl (C=O) groups excluding carboxylic acids is 4. The smallest absolute Gasteiger partial charge is 0.321 e. The largest absolute Gasteiger partial charge is 0.324 e. The lowest BCUT2D eigenvalue weighted by atomic mass is 9.92. The molecule has 2 aromatic carbocycles. The number of nitrogens with zero attached hydrogens (tertiary/aromatic N) is 2. The summed E-state index contributed by atoms with van der Waals surface area (Å²) in [7, 11) is 1.67. The summed E-state index contributed by atoms with van der Waals surface area (Å²) >= 11 is 5.97. The number of fused-ring (bicyclic) bond motifs is 1. The fraction of sp³-hybridized carbons (Fsp3) is 0.304. The van der Waals surface area contributed by atoms with Gasteiger partial charge in [0.25, 0.3) is 5.91 Å². The van der Waals surface area contributed by atoms with E-state index in [-0.39, 0.29) is 29.9 Å². The highest BCUT2D eigenvalue weighted by atomic mass is 35.5. The molecule has 0 saturated heterocycles. The second-order valence-electron chi connectivity index (χ2n) is 7.91. The highest BCUT2D eigenvalue weighted by Crippen LogP contribution is 2.31. The second kappa shape index (κ2) is 8.51. The molecule has 0 radical (unpaired) electrons. The molecule has 2 aromatic rings. The van der Waals surface area contributed by atoms with Crippen molar-refractivity contribution in [2.75, 3.05) is 12.4 Å². The van der Waals surface area contributed by atoms with Crippen molar-refractivity contribution < 1.29 is 19.2 Å². The minimum absolute atomic E-state index is 0.0709. The molecule has 7 nitrogen and oxygen atoms in total.